The number of carbonyl (C=O) groups is 2. The van der Waals surface area contributed by atoms with E-state index in [1.807, 2.05) is 36.1 Å². The van der Waals surface area contributed by atoms with Crippen molar-refractivity contribution < 1.29 is 14.0 Å². The van der Waals surface area contributed by atoms with E-state index < -0.39 is 0 Å². The molecule has 29 heavy (non-hydrogen) atoms. The predicted molar refractivity (Wildman–Crippen MR) is 110 cm³/mol. The van der Waals surface area contributed by atoms with Crippen molar-refractivity contribution in [1.82, 2.24) is 9.80 Å². The molecule has 2 aliphatic heterocycles. The van der Waals surface area contributed by atoms with Crippen LogP contribution in [-0.4, -0.2) is 54.3 Å². The summed E-state index contributed by atoms with van der Waals surface area (Å²) in [5, 5.41) is 0. The van der Waals surface area contributed by atoms with Gasteiger partial charge in [-0.3, -0.25) is 9.59 Å². The molecular weight excluding hydrogens is 369 g/mol. The van der Waals surface area contributed by atoms with Crippen LogP contribution in [0.1, 0.15) is 17.5 Å². The molecule has 2 fully saturated rings. The molecule has 0 aliphatic carbocycles. The summed E-state index contributed by atoms with van der Waals surface area (Å²) in [6.07, 6.45) is 0.295. The molecule has 2 amide bonds. The lowest BCUT2D eigenvalue weighted by Gasteiger charge is -2.37. The number of piperazine rings is 1. The summed E-state index contributed by atoms with van der Waals surface area (Å²) in [6.45, 7) is 5.77. The van der Waals surface area contributed by atoms with E-state index in [1.54, 1.807) is 17.0 Å². The van der Waals surface area contributed by atoms with Crippen LogP contribution in [0.3, 0.4) is 0 Å². The summed E-state index contributed by atoms with van der Waals surface area (Å²) < 4.78 is 13.1. The number of hydrogen-bond acceptors (Lipinski definition) is 3. The molecule has 2 aromatic carbocycles. The van der Waals surface area contributed by atoms with Gasteiger partial charge in [-0.1, -0.05) is 24.3 Å². The molecule has 2 aromatic rings. The Kier molecular flexibility index (Phi) is 5.51. The average Bonchev–Trinajstić information content (AvgIpc) is 3.10. The van der Waals surface area contributed by atoms with Crippen molar-refractivity contribution in [2.75, 3.05) is 37.6 Å². The molecular formula is C23H26FN3O2. The maximum absolute atomic E-state index is 13.1. The fourth-order valence-electron chi connectivity index (χ4n) is 4.18. The van der Waals surface area contributed by atoms with Crippen LogP contribution in [0.15, 0.2) is 48.5 Å². The first kappa shape index (κ1) is 19.4. The molecule has 152 valence electrons. The van der Waals surface area contributed by atoms with Crippen LogP contribution < -0.4 is 4.90 Å². The summed E-state index contributed by atoms with van der Waals surface area (Å²) in [6, 6.07) is 14.5. The van der Waals surface area contributed by atoms with E-state index in [1.165, 1.54) is 12.1 Å². The van der Waals surface area contributed by atoms with Gasteiger partial charge in [-0.2, -0.15) is 0 Å². The fourth-order valence-corrected chi connectivity index (χ4v) is 4.18. The van der Waals surface area contributed by atoms with E-state index in [2.05, 4.69) is 4.90 Å². The van der Waals surface area contributed by atoms with Gasteiger partial charge in [0.1, 0.15) is 5.82 Å². The zero-order chi connectivity index (χ0) is 20.4. The SMILES string of the molecule is Cc1ccccc1CN1CC(C(=O)N2CCN(c3ccc(F)cc3)CC2)CC1=O. The number of likely N-dealkylation sites (tertiary alicyclic amines) is 1. The summed E-state index contributed by atoms with van der Waals surface area (Å²) in [5.41, 5.74) is 3.26. The molecule has 1 atom stereocenters. The van der Waals surface area contributed by atoms with Gasteiger partial charge in [0, 0.05) is 51.4 Å². The topological polar surface area (TPSA) is 43.9 Å². The number of benzene rings is 2. The number of amides is 2. The lowest BCUT2D eigenvalue weighted by Crippen LogP contribution is -2.50. The Bertz CT molecular complexity index is 891. The van der Waals surface area contributed by atoms with Gasteiger partial charge in [0.25, 0.3) is 0 Å². The second-order valence-corrected chi connectivity index (χ2v) is 7.89. The van der Waals surface area contributed by atoms with Gasteiger partial charge in [-0.05, 0) is 42.3 Å². The third-order valence-electron chi connectivity index (χ3n) is 5.97. The quantitative estimate of drug-likeness (QED) is 0.800. The maximum atomic E-state index is 13.1. The first-order chi connectivity index (χ1) is 14.0. The van der Waals surface area contributed by atoms with Crippen LogP contribution in [-0.2, 0) is 16.1 Å². The van der Waals surface area contributed by atoms with Crippen molar-refractivity contribution in [1.29, 1.82) is 0 Å². The average molecular weight is 395 g/mol. The fraction of sp³-hybridized carbons (Fsp3) is 0.391. The molecule has 4 rings (SSSR count). The Labute approximate surface area is 170 Å². The molecule has 6 heteroatoms. The lowest BCUT2D eigenvalue weighted by atomic mass is 10.1. The summed E-state index contributed by atoms with van der Waals surface area (Å²) >= 11 is 0. The highest BCUT2D eigenvalue weighted by atomic mass is 19.1. The van der Waals surface area contributed by atoms with Gasteiger partial charge >= 0.3 is 0 Å². The standard InChI is InChI=1S/C23H26FN3O2/c1-17-4-2-3-5-18(17)15-27-16-19(14-22(27)28)23(29)26-12-10-25(11-13-26)21-8-6-20(24)7-9-21/h2-9,19H,10-16H2,1H3. The zero-order valence-electron chi connectivity index (χ0n) is 16.7. The predicted octanol–water partition coefficient (Wildman–Crippen LogP) is 2.83. The molecule has 2 aliphatic rings. The maximum Gasteiger partial charge on any atom is 0.228 e. The van der Waals surface area contributed by atoms with E-state index >= 15 is 0 Å². The number of nitrogens with zero attached hydrogens (tertiary/aromatic N) is 3. The Balaban J connectivity index is 1.33. The third-order valence-corrected chi connectivity index (χ3v) is 5.97. The highest BCUT2D eigenvalue weighted by molar-refractivity contribution is 5.89. The number of aryl methyl sites for hydroxylation is 1. The van der Waals surface area contributed by atoms with Crippen molar-refractivity contribution in [3.8, 4) is 0 Å². The first-order valence-electron chi connectivity index (χ1n) is 10.1. The van der Waals surface area contributed by atoms with Crippen LogP contribution >= 0.6 is 0 Å². The smallest absolute Gasteiger partial charge is 0.228 e. The van der Waals surface area contributed by atoms with Crippen molar-refractivity contribution in [3.05, 3.63) is 65.5 Å². The highest BCUT2D eigenvalue weighted by Crippen LogP contribution is 2.24. The van der Waals surface area contributed by atoms with Gasteiger partial charge in [0.05, 0.1) is 5.92 Å². The van der Waals surface area contributed by atoms with Gasteiger partial charge in [0.2, 0.25) is 11.8 Å². The Hall–Kier alpha value is -2.89. The molecule has 1 unspecified atom stereocenters. The van der Waals surface area contributed by atoms with Gasteiger partial charge in [-0.15, -0.1) is 0 Å². The van der Waals surface area contributed by atoms with Crippen molar-refractivity contribution in [3.63, 3.8) is 0 Å². The molecule has 0 N–H and O–H groups in total. The summed E-state index contributed by atoms with van der Waals surface area (Å²) in [5.74, 6) is -0.381. The molecule has 2 saturated heterocycles. The normalized spacial score (nSPS) is 19.7. The van der Waals surface area contributed by atoms with E-state index in [4.69, 9.17) is 0 Å². The lowest BCUT2D eigenvalue weighted by molar-refractivity contribution is -0.136. The second-order valence-electron chi connectivity index (χ2n) is 7.89. The number of rotatable bonds is 4. The highest BCUT2D eigenvalue weighted by Gasteiger charge is 2.37. The largest absolute Gasteiger partial charge is 0.368 e. The molecule has 0 saturated carbocycles. The zero-order valence-corrected chi connectivity index (χ0v) is 16.7. The second kappa shape index (κ2) is 8.23. The summed E-state index contributed by atoms with van der Waals surface area (Å²) in [4.78, 5) is 31.3. The first-order valence-corrected chi connectivity index (χ1v) is 10.1. The van der Waals surface area contributed by atoms with E-state index in [0.29, 0.717) is 45.7 Å². The minimum absolute atomic E-state index is 0.0524. The van der Waals surface area contributed by atoms with Crippen molar-refractivity contribution in [2.24, 2.45) is 5.92 Å². The molecule has 0 radical (unpaired) electrons. The summed E-state index contributed by atoms with van der Waals surface area (Å²) in [7, 11) is 0. The monoisotopic (exact) mass is 395 g/mol. The van der Waals surface area contributed by atoms with E-state index in [0.717, 1.165) is 16.8 Å². The molecule has 2 heterocycles. The van der Waals surface area contributed by atoms with Gasteiger partial charge in [0.15, 0.2) is 0 Å². The van der Waals surface area contributed by atoms with Crippen LogP contribution in [0.4, 0.5) is 10.1 Å². The van der Waals surface area contributed by atoms with E-state index in [-0.39, 0.29) is 23.5 Å². The van der Waals surface area contributed by atoms with Crippen LogP contribution in [0.5, 0.6) is 0 Å². The number of carbonyl (C=O) groups excluding carboxylic acids is 2. The minimum atomic E-state index is -0.260. The Morgan fingerprint density at radius 1 is 1.03 bits per heavy atom. The van der Waals surface area contributed by atoms with Gasteiger partial charge in [-0.25, -0.2) is 4.39 Å². The van der Waals surface area contributed by atoms with E-state index in [9.17, 15) is 14.0 Å². The van der Waals surface area contributed by atoms with Crippen LogP contribution in [0.2, 0.25) is 0 Å². The Morgan fingerprint density at radius 2 is 1.72 bits per heavy atom. The third kappa shape index (κ3) is 4.26. The van der Waals surface area contributed by atoms with Gasteiger partial charge < -0.3 is 14.7 Å². The number of hydrogen-bond donors (Lipinski definition) is 0. The molecule has 0 bridgehead atoms. The van der Waals surface area contributed by atoms with Crippen molar-refractivity contribution >= 4 is 17.5 Å². The number of anilines is 1. The molecule has 0 spiro atoms. The van der Waals surface area contributed by atoms with Crippen LogP contribution in [0, 0.1) is 18.7 Å². The number of halogens is 1. The van der Waals surface area contributed by atoms with Crippen molar-refractivity contribution in [2.45, 2.75) is 19.9 Å². The van der Waals surface area contributed by atoms with Crippen LogP contribution in [0.25, 0.3) is 0 Å². The minimum Gasteiger partial charge on any atom is -0.368 e. The molecule has 5 nitrogen and oxygen atoms in total. The molecule has 0 aromatic heterocycles. The Morgan fingerprint density at radius 3 is 2.41 bits per heavy atom.